The zero-order chi connectivity index (χ0) is 20.5. The summed E-state index contributed by atoms with van der Waals surface area (Å²) in [5.41, 5.74) is 3.25. The van der Waals surface area contributed by atoms with Crippen molar-refractivity contribution in [1.29, 1.82) is 5.26 Å². The van der Waals surface area contributed by atoms with Crippen molar-refractivity contribution >= 4 is 43.5 Å². The third-order valence-corrected chi connectivity index (χ3v) is 5.74. The first-order chi connectivity index (χ1) is 14.0. The second kappa shape index (κ2) is 7.85. The van der Waals surface area contributed by atoms with Gasteiger partial charge in [0.2, 0.25) is 5.88 Å². The Morgan fingerprint density at radius 3 is 2.48 bits per heavy atom. The number of hydrogen-bond acceptors (Lipinski definition) is 5. The van der Waals surface area contributed by atoms with Crippen LogP contribution >= 0.6 is 31.9 Å². The number of rotatable bonds is 2. The first-order valence-corrected chi connectivity index (χ1v) is 10.2. The van der Waals surface area contributed by atoms with Crippen LogP contribution in [0.25, 0.3) is 11.1 Å². The van der Waals surface area contributed by atoms with E-state index < -0.39 is 0 Å². The smallest absolute Gasteiger partial charge is 0.258 e. The number of aromatic hydroxyl groups is 1. The number of nitriles is 1. The lowest BCUT2D eigenvalue weighted by Gasteiger charge is -2.29. The SMILES string of the molecule is N#Cc1ccc(-c2cnc3c(c2)N(C(=O)c2cc(Br)c(O)c(Br)c2)CCO3)cc1. The number of ether oxygens (including phenoxy) is 1. The van der Waals surface area contributed by atoms with E-state index in [1.807, 2.05) is 18.2 Å². The van der Waals surface area contributed by atoms with Gasteiger partial charge in [-0.15, -0.1) is 0 Å². The van der Waals surface area contributed by atoms with Gasteiger partial charge < -0.3 is 14.7 Å². The fourth-order valence-electron chi connectivity index (χ4n) is 3.05. The van der Waals surface area contributed by atoms with Crippen molar-refractivity contribution in [1.82, 2.24) is 4.98 Å². The topological polar surface area (TPSA) is 86.5 Å². The zero-order valence-electron chi connectivity index (χ0n) is 14.9. The average molecular weight is 515 g/mol. The molecule has 6 nitrogen and oxygen atoms in total. The summed E-state index contributed by atoms with van der Waals surface area (Å²) in [5.74, 6) is 0.197. The molecular weight excluding hydrogens is 502 g/mol. The molecule has 0 aliphatic carbocycles. The van der Waals surface area contributed by atoms with E-state index in [-0.39, 0.29) is 11.7 Å². The Labute approximate surface area is 183 Å². The van der Waals surface area contributed by atoms with Crippen LogP contribution in [0.3, 0.4) is 0 Å². The van der Waals surface area contributed by atoms with Crippen molar-refractivity contribution in [3.63, 3.8) is 0 Å². The molecule has 144 valence electrons. The van der Waals surface area contributed by atoms with Crippen molar-refractivity contribution < 1.29 is 14.6 Å². The van der Waals surface area contributed by atoms with E-state index in [0.717, 1.165) is 11.1 Å². The Morgan fingerprint density at radius 2 is 1.83 bits per heavy atom. The van der Waals surface area contributed by atoms with Gasteiger partial charge >= 0.3 is 0 Å². The molecule has 0 spiro atoms. The minimum atomic E-state index is -0.227. The van der Waals surface area contributed by atoms with E-state index >= 15 is 0 Å². The average Bonchev–Trinajstić information content (AvgIpc) is 2.76. The second-order valence-corrected chi connectivity index (χ2v) is 8.04. The van der Waals surface area contributed by atoms with E-state index in [2.05, 4.69) is 42.9 Å². The van der Waals surface area contributed by atoms with Crippen LogP contribution in [-0.4, -0.2) is 29.1 Å². The largest absolute Gasteiger partial charge is 0.506 e. The highest BCUT2D eigenvalue weighted by molar-refractivity contribution is 9.11. The summed E-state index contributed by atoms with van der Waals surface area (Å²) in [5, 5.41) is 18.9. The Hall–Kier alpha value is -2.89. The van der Waals surface area contributed by atoms with Gasteiger partial charge in [-0.1, -0.05) is 12.1 Å². The lowest BCUT2D eigenvalue weighted by Crippen LogP contribution is -2.38. The quantitative estimate of drug-likeness (QED) is 0.526. The number of hydrogen-bond donors (Lipinski definition) is 1. The van der Waals surface area contributed by atoms with Gasteiger partial charge in [-0.05, 0) is 67.8 Å². The molecule has 1 amide bonds. The monoisotopic (exact) mass is 513 g/mol. The maximum atomic E-state index is 13.2. The molecule has 2 aromatic carbocycles. The van der Waals surface area contributed by atoms with Crippen LogP contribution in [0, 0.1) is 11.3 Å². The molecule has 3 aromatic rings. The molecule has 0 atom stereocenters. The van der Waals surface area contributed by atoms with Crippen LogP contribution < -0.4 is 9.64 Å². The van der Waals surface area contributed by atoms with E-state index in [1.54, 1.807) is 35.4 Å². The highest BCUT2D eigenvalue weighted by Crippen LogP contribution is 2.37. The summed E-state index contributed by atoms with van der Waals surface area (Å²) in [6.07, 6.45) is 1.68. The molecule has 1 N–H and O–H groups in total. The van der Waals surface area contributed by atoms with Crippen LogP contribution in [0.15, 0.2) is 57.6 Å². The molecule has 8 heteroatoms. The standard InChI is InChI=1S/C21H13Br2N3O3/c22-16-7-14(8-17(23)19(16)27)21(28)26-5-6-29-20-18(26)9-15(11-25-20)13-3-1-12(10-24)2-4-13/h1-4,7-9,11,27H,5-6H2. The number of nitrogens with zero attached hydrogens (tertiary/aromatic N) is 3. The molecular formula is C21H13Br2N3O3. The zero-order valence-corrected chi connectivity index (χ0v) is 18.1. The molecule has 1 aromatic heterocycles. The minimum Gasteiger partial charge on any atom is -0.506 e. The van der Waals surface area contributed by atoms with Crippen molar-refractivity contribution in [3.8, 4) is 28.8 Å². The summed E-state index contributed by atoms with van der Waals surface area (Å²) >= 11 is 6.53. The number of fused-ring (bicyclic) bond motifs is 1. The third-order valence-electron chi connectivity index (χ3n) is 4.53. The minimum absolute atomic E-state index is 0.0358. The highest BCUT2D eigenvalue weighted by atomic mass is 79.9. The van der Waals surface area contributed by atoms with Crippen LogP contribution in [0.4, 0.5) is 5.69 Å². The lowest BCUT2D eigenvalue weighted by molar-refractivity contribution is 0.0975. The molecule has 4 rings (SSSR count). The number of phenols is 1. The van der Waals surface area contributed by atoms with Crippen LogP contribution in [0.2, 0.25) is 0 Å². The van der Waals surface area contributed by atoms with Gasteiger partial charge in [0.15, 0.2) is 0 Å². The third kappa shape index (κ3) is 3.71. The second-order valence-electron chi connectivity index (χ2n) is 6.33. The van der Waals surface area contributed by atoms with Gasteiger partial charge in [-0.25, -0.2) is 4.98 Å². The number of amides is 1. The molecule has 1 aliphatic heterocycles. The molecule has 2 heterocycles. The molecule has 0 bridgehead atoms. The number of halogens is 2. The predicted octanol–water partition coefficient (Wildman–Crippen LogP) is 4.89. The Bertz CT molecular complexity index is 1130. The Balaban J connectivity index is 1.73. The fourth-order valence-corrected chi connectivity index (χ4v) is 4.24. The van der Waals surface area contributed by atoms with Gasteiger partial charge in [0.05, 0.1) is 27.1 Å². The number of benzene rings is 2. The molecule has 0 radical (unpaired) electrons. The normalized spacial score (nSPS) is 12.7. The van der Waals surface area contributed by atoms with Gasteiger partial charge in [0.1, 0.15) is 18.0 Å². The first kappa shape index (κ1) is 19.4. The van der Waals surface area contributed by atoms with E-state index in [1.165, 1.54) is 0 Å². The van der Waals surface area contributed by atoms with E-state index in [9.17, 15) is 9.90 Å². The first-order valence-electron chi connectivity index (χ1n) is 8.61. The number of carbonyl (C=O) groups excluding carboxylic acids is 1. The summed E-state index contributed by atoms with van der Waals surface area (Å²) < 4.78 is 6.48. The number of pyridine rings is 1. The van der Waals surface area contributed by atoms with Gasteiger partial charge in [0.25, 0.3) is 5.91 Å². The molecule has 1 aliphatic rings. The molecule has 0 fully saturated rings. The Morgan fingerprint density at radius 1 is 1.14 bits per heavy atom. The maximum absolute atomic E-state index is 13.2. The molecule has 0 saturated carbocycles. The van der Waals surface area contributed by atoms with Crippen LogP contribution in [-0.2, 0) is 0 Å². The van der Waals surface area contributed by atoms with Crippen LogP contribution in [0.5, 0.6) is 11.6 Å². The Kier molecular flexibility index (Phi) is 5.26. The van der Waals surface area contributed by atoms with E-state index in [4.69, 9.17) is 10.00 Å². The van der Waals surface area contributed by atoms with Crippen molar-refractivity contribution in [2.24, 2.45) is 0 Å². The lowest BCUT2D eigenvalue weighted by atomic mass is 10.0. The maximum Gasteiger partial charge on any atom is 0.258 e. The number of aromatic nitrogens is 1. The highest BCUT2D eigenvalue weighted by Gasteiger charge is 2.27. The van der Waals surface area contributed by atoms with Crippen molar-refractivity contribution in [2.75, 3.05) is 18.1 Å². The number of phenolic OH excluding ortho intramolecular Hbond substituents is 1. The fraction of sp³-hybridized carbons (Fsp3) is 0.0952. The number of carbonyl (C=O) groups is 1. The summed E-state index contributed by atoms with van der Waals surface area (Å²) in [6, 6.07) is 14.3. The van der Waals surface area contributed by atoms with Gasteiger partial charge in [-0.2, -0.15) is 5.26 Å². The van der Waals surface area contributed by atoms with Gasteiger partial charge in [-0.3, -0.25) is 4.79 Å². The summed E-state index contributed by atoms with van der Waals surface area (Å²) in [6.45, 7) is 0.711. The molecule has 0 saturated heterocycles. The summed E-state index contributed by atoms with van der Waals surface area (Å²) in [4.78, 5) is 19.2. The van der Waals surface area contributed by atoms with Crippen molar-refractivity contribution in [3.05, 3.63) is 68.7 Å². The van der Waals surface area contributed by atoms with E-state index in [0.29, 0.717) is 44.8 Å². The molecule has 29 heavy (non-hydrogen) atoms. The van der Waals surface area contributed by atoms with Gasteiger partial charge in [0, 0.05) is 17.3 Å². The molecule has 0 unspecified atom stereocenters. The van der Waals surface area contributed by atoms with Crippen LogP contribution in [0.1, 0.15) is 15.9 Å². The van der Waals surface area contributed by atoms with Crippen molar-refractivity contribution in [2.45, 2.75) is 0 Å². The number of anilines is 1. The predicted molar refractivity (Wildman–Crippen MR) is 115 cm³/mol. The summed E-state index contributed by atoms with van der Waals surface area (Å²) in [7, 11) is 0.